The van der Waals surface area contributed by atoms with Gasteiger partial charge in [-0.2, -0.15) is 0 Å². The van der Waals surface area contributed by atoms with Gasteiger partial charge in [-0.05, 0) is 30.2 Å². The summed E-state index contributed by atoms with van der Waals surface area (Å²) in [6, 6.07) is 3.48. The molecule has 4 heteroatoms. The van der Waals surface area contributed by atoms with Gasteiger partial charge in [-0.25, -0.2) is 4.39 Å². The van der Waals surface area contributed by atoms with Crippen LogP contribution in [0.2, 0.25) is 0 Å². The number of rotatable bonds is 3. The first-order valence-corrected chi connectivity index (χ1v) is 3.79. The van der Waals surface area contributed by atoms with Crippen LogP contribution < -0.4 is 0 Å². The van der Waals surface area contributed by atoms with Gasteiger partial charge in [0, 0.05) is 6.42 Å². The van der Waals surface area contributed by atoms with Gasteiger partial charge in [-0.1, -0.05) is 0 Å². The third-order valence-corrected chi connectivity index (χ3v) is 1.65. The number of aromatic hydroxyl groups is 1. The summed E-state index contributed by atoms with van der Waals surface area (Å²) in [4.78, 5) is 10.2. The van der Waals surface area contributed by atoms with Gasteiger partial charge in [0.25, 0.3) is 0 Å². The molecule has 2 N–H and O–H groups in total. The van der Waals surface area contributed by atoms with E-state index in [-0.39, 0.29) is 18.6 Å². The number of hydrogen-bond donors (Lipinski definition) is 2. The second-order valence-electron chi connectivity index (χ2n) is 2.67. The quantitative estimate of drug-likeness (QED) is 0.749. The number of carboxylic acids is 1. The second kappa shape index (κ2) is 3.89. The number of carboxylic acid groups (broad SMARTS) is 1. The van der Waals surface area contributed by atoms with Crippen LogP contribution in [0.25, 0.3) is 0 Å². The van der Waals surface area contributed by atoms with Crippen molar-refractivity contribution in [2.45, 2.75) is 12.8 Å². The molecule has 0 unspecified atom stereocenters. The van der Waals surface area contributed by atoms with Gasteiger partial charge in [0.05, 0.1) is 0 Å². The number of halogens is 1. The highest BCUT2D eigenvalue weighted by atomic mass is 19.1. The monoisotopic (exact) mass is 184 g/mol. The van der Waals surface area contributed by atoms with E-state index in [0.29, 0.717) is 5.56 Å². The standard InChI is InChI=1S/C9H9FO3/c10-7-2-3-8(11)6(5-7)1-4-9(12)13/h2-3,5,11H,1,4H2,(H,12,13). The maximum absolute atomic E-state index is 12.6. The van der Waals surface area contributed by atoms with Crippen LogP contribution >= 0.6 is 0 Å². The summed E-state index contributed by atoms with van der Waals surface area (Å²) >= 11 is 0. The van der Waals surface area contributed by atoms with Gasteiger partial charge in [-0.15, -0.1) is 0 Å². The minimum Gasteiger partial charge on any atom is -0.508 e. The largest absolute Gasteiger partial charge is 0.508 e. The third kappa shape index (κ3) is 2.74. The van der Waals surface area contributed by atoms with E-state index in [0.717, 1.165) is 12.1 Å². The van der Waals surface area contributed by atoms with Gasteiger partial charge >= 0.3 is 5.97 Å². The van der Waals surface area contributed by atoms with Gasteiger partial charge in [-0.3, -0.25) is 4.79 Å². The number of benzene rings is 1. The summed E-state index contributed by atoms with van der Waals surface area (Å²) in [7, 11) is 0. The van der Waals surface area contributed by atoms with Crippen molar-refractivity contribution in [3.63, 3.8) is 0 Å². The van der Waals surface area contributed by atoms with Crippen molar-refractivity contribution in [1.29, 1.82) is 0 Å². The van der Waals surface area contributed by atoms with Crippen LogP contribution in [-0.2, 0) is 11.2 Å². The Bertz CT molecular complexity index is 323. The molecule has 0 atom stereocenters. The summed E-state index contributed by atoms with van der Waals surface area (Å²) in [5, 5.41) is 17.5. The molecule has 0 fully saturated rings. The van der Waals surface area contributed by atoms with Crippen molar-refractivity contribution < 1.29 is 19.4 Å². The molecule has 0 aliphatic carbocycles. The van der Waals surface area contributed by atoms with E-state index in [9.17, 15) is 14.3 Å². The minimum absolute atomic E-state index is 0.0670. The van der Waals surface area contributed by atoms with Crippen LogP contribution in [0.5, 0.6) is 5.75 Å². The lowest BCUT2D eigenvalue weighted by atomic mass is 10.1. The molecule has 0 aliphatic heterocycles. The van der Waals surface area contributed by atoms with E-state index >= 15 is 0 Å². The van der Waals surface area contributed by atoms with Crippen LogP contribution in [0, 0.1) is 5.82 Å². The Morgan fingerprint density at radius 3 is 2.77 bits per heavy atom. The lowest BCUT2D eigenvalue weighted by Gasteiger charge is -2.01. The SMILES string of the molecule is O=C(O)CCc1cc(F)ccc1O. The van der Waals surface area contributed by atoms with Crippen LogP contribution in [0.3, 0.4) is 0 Å². The highest BCUT2D eigenvalue weighted by Gasteiger charge is 2.05. The van der Waals surface area contributed by atoms with Crippen molar-refractivity contribution in [2.24, 2.45) is 0 Å². The lowest BCUT2D eigenvalue weighted by Crippen LogP contribution is -1.97. The molecule has 1 aromatic carbocycles. The van der Waals surface area contributed by atoms with Crippen molar-refractivity contribution in [3.8, 4) is 5.75 Å². The highest BCUT2D eigenvalue weighted by molar-refractivity contribution is 5.67. The molecule has 13 heavy (non-hydrogen) atoms. The first-order chi connectivity index (χ1) is 6.09. The first kappa shape index (κ1) is 9.51. The Labute approximate surface area is 74.4 Å². The molecule has 0 bridgehead atoms. The zero-order valence-corrected chi connectivity index (χ0v) is 6.83. The smallest absolute Gasteiger partial charge is 0.303 e. The Morgan fingerprint density at radius 1 is 1.46 bits per heavy atom. The summed E-state index contributed by atoms with van der Waals surface area (Å²) in [6.07, 6.45) is 0.0237. The summed E-state index contributed by atoms with van der Waals surface area (Å²) < 4.78 is 12.6. The molecular formula is C9H9FO3. The number of phenolic OH excluding ortho intramolecular Hbond substituents is 1. The van der Waals surface area contributed by atoms with E-state index in [4.69, 9.17) is 5.11 Å². The van der Waals surface area contributed by atoms with E-state index in [1.807, 2.05) is 0 Å². The number of aryl methyl sites for hydroxylation is 1. The molecule has 70 valence electrons. The molecule has 0 saturated carbocycles. The average Bonchev–Trinajstić information content (AvgIpc) is 2.06. The van der Waals surface area contributed by atoms with Crippen molar-refractivity contribution in [3.05, 3.63) is 29.6 Å². The normalized spacial score (nSPS) is 9.92. The molecule has 0 heterocycles. The number of aliphatic carboxylic acids is 1. The second-order valence-corrected chi connectivity index (χ2v) is 2.67. The Hall–Kier alpha value is -1.58. The zero-order chi connectivity index (χ0) is 9.84. The number of carbonyl (C=O) groups is 1. The van der Waals surface area contributed by atoms with E-state index < -0.39 is 11.8 Å². The molecule has 1 aromatic rings. The van der Waals surface area contributed by atoms with Gasteiger partial charge < -0.3 is 10.2 Å². The molecule has 0 aromatic heterocycles. The van der Waals surface area contributed by atoms with Crippen molar-refractivity contribution >= 4 is 5.97 Å². The molecule has 0 aliphatic rings. The highest BCUT2D eigenvalue weighted by Crippen LogP contribution is 2.19. The Kier molecular flexibility index (Phi) is 2.84. The molecule has 0 amide bonds. The first-order valence-electron chi connectivity index (χ1n) is 3.79. The number of hydrogen-bond acceptors (Lipinski definition) is 2. The van der Waals surface area contributed by atoms with Gasteiger partial charge in [0.2, 0.25) is 0 Å². The predicted octanol–water partition coefficient (Wildman–Crippen LogP) is 1.55. The Morgan fingerprint density at radius 2 is 2.15 bits per heavy atom. The van der Waals surface area contributed by atoms with Crippen LogP contribution in [-0.4, -0.2) is 16.2 Å². The van der Waals surface area contributed by atoms with Crippen LogP contribution in [0.15, 0.2) is 18.2 Å². The van der Waals surface area contributed by atoms with Crippen molar-refractivity contribution in [1.82, 2.24) is 0 Å². The number of phenols is 1. The Balaban J connectivity index is 2.75. The zero-order valence-electron chi connectivity index (χ0n) is 6.83. The predicted molar refractivity (Wildman–Crippen MR) is 44.0 cm³/mol. The fourth-order valence-corrected chi connectivity index (χ4v) is 0.996. The lowest BCUT2D eigenvalue weighted by molar-refractivity contribution is -0.136. The van der Waals surface area contributed by atoms with Crippen molar-refractivity contribution in [2.75, 3.05) is 0 Å². The molecule has 0 radical (unpaired) electrons. The fourth-order valence-electron chi connectivity index (χ4n) is 0.996. The van der Waals surface area contributed by atoms with Gasteiger partial charge in [0.1, 0.15) is 11.6 Å². The molecule has 0 saturated heterocycles. The van der Waals surface area contributed by atoms with E-state index in [2.05, 4.69) is 0 Å². The summed E-state index contributed by atoms with van der Waals surface area (Å²) in [6.45, 7) is 0. The minimum atomic E-state index is -0.969. The fraction of sp³-hybridized carbons (Fsp3) is 0.222. The van der Waals surface area contributed by atoms with E-state index in [1.165, 1.54) is 6.07 Å². The summed E-state index contributed by atoms with van der Waals surface area (Å²) in [5.74, 6) is -1.51. The van der Waals surface area contributed by atoms with Gasteiger partial charge in [0.15, 0.2) is 0 Å². The maximum Gasteiger partial charge on any atom is 0.303 e. The van der Waals surface area contributed by atoms with Crippen LogP contribution in [0.1, 0.15) is 12.0 Å². The maximum atomic E-state index is 12.6. The molecular weight excluding hydrogens is 175 g/mol. The molecule has 3 nitrogen and oxygen atoms in total. The third-order valence-electron chi connectivity index (χ3n) is 1.65. The van der Waals surface area contributed by atoms with E-state index in [1.54, 1.807) is 0 Å². The molecule has 1 rings (SSSR count). The summed E-state index contributed by atoms with van der Waals surface area (Å²) in [5.41, 5.74) is 0.322. The topological polar surface area (TPSA) is 57.5 Å². The molecule has 0 spiro atoms. The van der Waals surface area contributed by atoms with Crippen LogP contribution in [0.4, 0.5) is 4.39 Å². The average molecular weight is 184 g/mol.